The minimum atomic E-state index is -3.54. The molecule has 0 aromatic heterocycles. The Bertz CT molecular complexity index is 1650. The third-order valence-corrected chi connectivity index (χ3v) is 8.90. The van der Waals surface area contributed by atoms with Crippen LogP contribution in [0.5, 0.6) is 0 Å². The average Bonchev–Trinajstić information content (AvgIpc) is 3.17. The van der Waals surface area contributed by atoms with Crippen molar-refractivity contribution in [3.63, 3.8) is 0 Å². The first-order chi connectivity index (χ1) is 18.9. The predicted molar refractivity (Wildman–Crippen MR) is 161 cm³/mol. The molecule has 1 heterocycles. The zero-order chi connectivity index (χ0) is 27.0. The van der Waals surface area contributed by atoms with E-state index >= 15 is 0 Å². The molecule has 0 unspecified atom stereocenters. The largest absolute Gasteiger partial charge is 0.355 e. The highest BCUT2D eigenvalue weighted by molar-refractivity contribution is 7.88. The number of sulfonamides is 1. The van der Waals surface area contributed by atoms with Gasteiger partial charge in [-0.25, -0.2) is 13.1 Å². The molecule has 2 aliphatic rings. The van der Waals surface area contributed by atoms with Crippen LogP contribution < -0.4 is 15.4 Å². The summed E-state index contributed by atoms with van der Waals surface area (Å²) in [4.78, 5) is 2.08. The minimum Gasteiger partial charge on any atom is -0.355 e. The maximum absolute atomic E-state index is 13.1. The predicted octanol–water partition coefficient (Wildman–Crippen LogP) is 5.65. The Morgan fingerprint density at radius 2 is 1.49 bits per heavy atom. The fraction of sp³-hybridized carbons (Fsp3) is 0.188. The maximum Gasteiger partial charge on any atom is 0.215 e. The second-order valence-electron chi connectivity index (χ2n) is 10.1. The molecule has 4 aromatic carbocycles. The summed E-state index contributed by atoms with van der Waals surface area (Å²) >= 11 is 0. The van der Waals surface area contributed by atoms with Crippen molar-refractivity contribution in [2.24, 2.45) is 0 Å². The van der Waals surface area contributed by atoms with E-state index in [1.54, 1.807) is 0 Å². The first-order valence-corrected chi connectivity index (χ1v) is 14.8. The highest BCUT2D eigenvalue weighted by Crippen LogP contribution is 2.53. The summed E-state index contributed by atoms with van der Waals surface area (Å²) < 4.78 is 28.9. The van der Waals surface area contributed by atoms with E-state index in [-0.39, 0.29) is 5.75 Å². The summed E-state index contributed by atoms with van der Waals surface area (Å²) in [6, 6.07) is 26.9. The van der Waals surface area contributed by atoms with E-state index in [4.69, 9.17) is 0 Å². The van der Waals surface area contributed by atoms with Gasteiger partial charge in [-0.1, -0.05) is 72.8 Å². The number of anilines is 2. The molecule has 0 amide bonds. The van der Waals surface area contributed by atoms with Crippen molar-refractivity contribution in [1.82, 2.24) is 9.62 Å². The van der Waals surface area contributed by atoms with Crippen LogP contribution in [0, 0.1) is 0 Å². The first-order valence-electron chi connectivity index (χ1n) is 13.2. The number of nitrogens with one attached hydrogen (secondary N) is 3. The zero-order valence-electron chi connectivity index (χ0n) is 21.8. The number of benzene rings is 4. The van der Waals surface area contributed by atoms with Crippen LogP contribution in [0.1, 0.15) is 16.7 Å². The van der Waals surface area contributed by atoms with E-state index in [1.165, 1.54) is 0 Å². The van der Waals surface area contributed by atoms with Gasteiger partial charge in [0.05, 0.1) is 5.75 Å². The number of hydrogen-bond donors (Lipinski definition) is 3. The van der Waals surface area contributed by atoms with E-state index in [9.17, 15) is 8.42 Å². The van der Waals surface area contributed by atoms with Gasteiger partial charge in [-0.2, -0.15) is 0 Å². The van der Waals surface area contributed by atoms with E-state index in [2.05, 4.69) is 81.9 Å². The lowest BCUT2D eigenvalue weighted by Crippen LogP contribution is -2.44. The van der Waals surface area contributed by atoms with Crippen molar-refractivity contribution in [1.29, 1.82) is 0 Å². The molecule has 0 bridgehead atoms. The summed E-state index contributed by atoms with van der Waals surface area (Å²) in [5.74, 6) is -0.0954. The number of rotatable bonds is 10. The van der Waals surface area contributed by atoms with Gasteiger partial charge in [-0.3, -0.25) is 4.90 Å². The lowest BCUT2D eigenvalue weighted by atomic mass is 9.91. The van der Waals surface area contributed by atoms with E-state index in [0.717, 1.165) is 50.0 Å². The average molecular weight is 537 g/mol. The van der Waals surface area contributed by atoms with Crippen LogP contribution in [0.15, 0.2) is 104 Å². The molecule has 3 N–H and O–H groups in total. The maximum atomic E-state index is 13.1. The van der Waals surface area contributed by atoms with E-state index < -0.39 is 15.7 Å². The standard InChI is InChI=1S/C32H32N4O2S/c1-3-18-36(19-4-2)20-17-33-39(37,38)22-23-15-16-26-25-11-5-6-12-27(25)32(28(26)21-23)34-29-13-7-9-24-10-8-14-30(35-32)31(24)29/h3-16,21,33-35H,1-2,17-20,22H2. The van der Waals surface area contributed by atoms with Crippen LogP contribution in [0.3, 0.4) is 0 Å². The first kappa shape index (κ1) is 25.4. The number of hydrogen-bond acceptors (Lipinski definition) is 5. The highest BCUT2D eigenvalue weighted by Gasteiger charge is 2.46. The summed E-state index contributed by atoms with van der Waals surface area (Å²) in [6.45, 7) is 9.81. The Morgan fingerprint density at radius 3 is 2.18 bits per heavy atom. The summed E-state index contributed by atoms with van der Waals surface area (Å²) in [7, 11) is -3.54. The van der Waals surface area contributed by atoms with E-state index in [0.29, 0.717) is 26.2 Å². The molecule has 198 valence electrons. The van der Waals surface area contributed by atoms with Gasteiger partial charge in [0.15, 0.2) is 5.66 Å². The zero-order valence-corrected chi connectivity index (χ0v) is 22.6. The second-order valence-corrected chi connectivity index (χ2v) is 11.9. The minimum absolute atomic E-state index is 0.0954. The van der Waals surface area contributed by atoms with Crippen LogP contribution in [-0.2, 0) is 21.4 Å². The SMILES string of the molecule is C=CCN(CC=C)CCNS(=O)(=O)Cc1ccc2c(c1)C1(Nc3cccc4cccc(c34)N1)c1ccccc1-2. The molecule has 4 aromatic rings. The van der Waals surface area contributed by atoms with E-state index in [1.807, 2.05) is 42.5 Å². The molecule has 0 atom stereocenters. The second kappa shape index (κ2) is 10.0. The highest BCUT2D eigenvalue weighted by atomic mass is 32.2. The Kier molecular flexibility index (Phi) is 6.51. The molecule has 0 saturated heterocycles. The molecule has 1 spiro atoms. The molecule has 39 heavy (non-hydrogen) atoms. The lowest BCUT2D eigenvalue weighted by Gasteiger charge is -2.40. The molecule has 0 saturated carbocycles. The van der Waals surface area contributed by atoms with Gasteiger partial charge in [-0.05, 0) is 40.3 Å². The molecular formula is C32H32N4O2S. The van der Waals surface area contributed by atoms with Gasteiger partial charge in [0.1, 0.15) is 0 Å². The molecule has 0 fully saturated rings. The van der Waals surface area contributed by atoms with Crippen molar-refractivity contribution in [2.45, 2.75) is 11.4 Å². The Morgan fingerprint density at radius 1 is 0.821 bits per heavy atom. The smallest absolute Gasteiger partial charge is 0.215 e. The Hall–Kier alpha value is -3.91. The third-order valence-electron chi connectivity index (χ3n) is 7.54. The van der Waals surface area contributed by atoms with Crippen molar-refractivity contribution < 1.29 is 8.42 Å². The molecular weight excluding hydrogens is 504 g/mol. The molecule has 6 nitrogen and oxygen atoms in total. The number of fused-ring (bicyclic) bond motifs is 5. The Labute approximate surface area is 230 Å². The molecule has 7 heteroatoms. The Balaban J connectivity index is 1.32. The lowest BCUT2D eigenvalue weighted by molar-refractivity contribution is 0.340. The topological polar surface area (TPSA) is 73.5 Å². The quantitative estimate of drug-likeness (QED) is 0.228. The van der Waals surface area contributed by atoms with Crippen LogP contribution in [-0.4, -0.2) is 39.5 Å². The molecule has 6 rings (SSSR count). The van der Waals surface area contributed by atoms with Gasteiger partial charge in [0, 0.05) is 54.1 Å². The summed E-state index contributed by atoms with van der Waals surface area (Å²) in [6.07, 6.45) is 3.62. The van der Waals surface area contributed by atoms with Crippen LogP contribution in [0.25, 0.3) is 21.9 Å². The molecule has 1 aliphatic heterocycles. The van der Waals surface area contributed by atoms with Crippen molar-refractivity contribution in [3.8, 4) is 11.1 Å². The van der Waals surface area contributed by atoms with Gasteiger partial charge in [0.25, 0.3) is 0 Å². The van der Waals surface area contributed by atoms with Crippen molar-refractivity contribution in [3.05, 3.63) is 121 Å². The third kappa shape index (κ3) is 4.52. The van der Waals surface area contributed by atoms with Crippen LogP contribution in [0.4, 0.5) is 11.4 Å². The van der Waals surface area contributed by atoms with Crippen LogP contribution in [0.2, 0.25) is 0 Å². The van der Waals surface area contributed by atoms with Crippen molar-refractivity contribution in [2.75, 3.05) is 36.8 Å². The monoisotopic (exact) mass is 536 g/mol. The number of nitrogens with zero attached hydrogens (tertiary/aromatic N) is 1. The fourth-order valence-corrected chi connectivity index (χ4v) is 7.05. The molecule has 0 radical (unpaired) electrons. The van der Waals surface area contributed by atoms with Gasteiger partial charge in [0.2, 0.25) is 10.0 Å². The van der Waals surface area contributed by atoms with Crippen LogP contribution >= 0.6 is 0 Å². The van der Waals surface area contributed by atoms with Crippen molar-refractivity contribution >= 4 is 32.2 Å². The van der Waals surface area contributed by atoms with Gasteiger partial charge < -0.3 is 10.6 Å². The van der Waals surface area contributed by atoms with Gasteiger partial charge in [-0.15, -0.1) is 13.2 Å². The fourth-order valence-electron chi connectivity index (χ4n) is 5.92. The summed E-state index contributed by atoms with van der Waals surface area (Å²) in [5.41, 5.74) is 6.49. The summed E-state index contributed by atoms with van der Waals surface area (Å²) in [5, 5.41) is 9.94. The molecule has 1 aliphatic carbocycles. The normalized spacial score (nSPS) is 14.5. The van der Waals surface area contributed by atoms with Gasteiger partial charge >= 0.3 is 0 Å².